The Balaban J connectivity index is 1.83. The molecular formula is C14H13N3O4. The molecule has 0 saturated carbocycles. The first kappa shape index (κ1) is 13.3. The Labute approximate surface area is 120 Å². The van der Waals surface area contributed by atoms with Gasteiger partial charge in [0.1, 0.15) is 6.04 Å². The molecule has 0 spiro atoms. The third-order valence-corrected chi connectivity index (χ3v) is 3.49. The number of carboxylic acids is 1. The number of hydrogen-bond donors (Lipinski definition) is 1. The maximum absolute atomic E-state index is 12.3. The number of nitrogens with zero attached hydrogens (tertiary/aromatic N) is 3. The Kier molecular flexibility index (Phi) is 3.39. The fourth-order valence-electron chi connectivity index (χ4n) is 2.44. The predicted molar refractivity (Wildman–Crippen MR) is 71.4 cm³/mol. The molecule has 108 valence electrons. The highest BCUT2D eigenvalue weighted by molar-refractivity contribution is 5.96. The summed E-state index contributed by atoms with van der Waals surface area (Å²) in [6.07, 6.45) is 4.37. The normalized spacial score (nSPS) is 17.9. The summed E-state index contributed by atoms with van der Waals surface area (Å²) >= 11 is 0. The molecule has 0 radical (unpaired) electrons. The van der Waals surface area contributed by atoms with Crippen molar-refractivity contribution in [1.82, 2.24) is 15.0 Å². The molecule has 7 heteroatoms. The van der Waals surface area contributed by atoms with Gasteiger partial charge >= 0.3 is 5.97 Å². The third-order valence-electron chi connectivity index (χ3n) is 3.49. The second kappa shape index (κ2) is 5.35. The Bertz CT molecular complexity index is 668. The van der Waals surface area contributed by atoms with Gasteiger partial charge in [0.05, 0.1) is 0 Å². The lowest BCUT2D eigenvalue weighted by Crippen LogP contribution is -2.40. The number of carbonyl (C=O) groups is 2. The maximum Gasteiger partial charge on any atom is 0.326 e. The molecule has 2 aromatic rings. The van der Waals surface area contributed by atoms with E-state index in [-0.39, 0.29) is 5.69 Å². The fourth-order valence-corrected chi connectivity index (χ4v) is 2.44. The van der Waals surface area contributed by atoms with Gasteiger partial charge < -0.3 is 14.5 Å². The molecule has 1 atom stereocenters. The van der Waals surface area contributed by atoms with E-state index in [0.29, 0.717) is 25.1 Å². The van der Waals surface area contributed by atoms with E-state index in [1.807, 2.05) is 0 Å². The van der Waals surface area contributed by atoms with Gasteiger partial charge in [-0.15, -0.1) is 0 Å². The predicted octanol–water partition coefficient (Wildman–Crippen LogP) is 1.43. The summed E-state index contributed by atoms with van der Waals surface area (Å²) in [5, 5.41) is 12.9. The van der Waals surface area contributed by atoms with Crippen LogP contribution in [0.3, 0.4) is 0 Å². The second-order valence-corrected chi connectivity index (χ2v) is 4.81. The summed E-state index contributed by atoms with van der Waals surface area (Å²) < 4.78 is 5.15. The first-order chi connectivity index (χ1) is 10.2. The number of hydrogen-bond acceptors (Lipinski definition) is 5. The summed E-state index contributed by atoms with van der Waals surface area (Å²) in [6.45, 7) is 0.424. The molecule has 1 saturated heterocycles. The van der Waals surface area contributed by atoms with Crippen LogP contribution in [0.2, 0.25) is 0 Å². The van der Waals surface area contributed by atoms with Gasteiger partial charge in [-0.05, 0) is 25.0 Å². The minimum atomic E-state index is -0.987. The maximum atomic E-state index is 12.3. The van der Waals surface area contributed by atoms with E-state index >= 15 is 0 Å². The summed E-state index contributed by atoms with van der Waals surface area (Å²) in [7, 11) is 0. The van der Waals surface area contributed by atoms with Crippen molar-refractivity contribution in [3.63, 3.8) is 0 Å². The average Bonchev–Trinajstić information content (AvgIpc) is 3.17. The van der Waals surface area contributed by atoms with Crippen LogP contribution in [0.1, 0.15) is 23.3 Å². The van der Waals surface area contributed by atoms with Gasteiger partial charge in [0.15, 0.2) is 11.5 Å². The minimum Gasteiger partial charge on any atom is -0.480 e. The first-order valence-electron chi connectivity index (χ1n) is 6.57. The van der Waals surface area contributed by atoms with Crippen molar-refractivity contribution in [2.45, 2.75) is 18.9 Å². The number of likely N-dealkylation sites (tertiary alicyclic amines) is 1. The molecular weight excluding hydrogens is 274 g/mol. The molecule has 1 fully saturated rings. The van der Waals surface area contributed by atoms with Crippen molar-refractivity contribution in [3.05, 3.63) is 36.3 Å². The zero-order valence-corrected chi connectivity index (χ0v) is 11.1. The fraction of sp³-hybridized carbons (Fsp3) is 0.286. The molecule has 1 aliphatic heterocycles. The van der Waals surface area contributed by atoms with E-state index in [1.165, 1.54) is 11.0 Å². The van der Waals surface area contributed by atoms with E-state index in [9.17, 15) is 9.59 Å². The molecule has 7 nitrogen and oxygen atoms in total. The zero-order valence-electron chi connectivity index (χ0n) is 11.1. The van der Waals surface area contributed by atoms with E-state index in [0.717, 1.165) is 5.56 Å². The standard InChI is InChI=1S/C14H13N3O4/c18-13(17-7-1-2-11(17)14(19)20)10-8-12(21-16-10)9-3-5-15-6-4-9/h3-6,8,11H,1-2,7H2,(H,19,20)/t11-/m1/s1. The van der Waals surface area contributed by atoms with Crippen LogP contribution in [0.25, 0.3) is 11.3 Å². The van der Waals surface area contributed by atoms with Gasteiger partial charge in [0.2, 0.25) is 0 Å². The molecule has 1 aliphatic rings. The lowest BCUT2D eigenvalue weighted by atomic mass is 10.2. The van der Waals surface area contributed by atoms with Crippen molar-refractivity contribution < 1.29 is 19.2 Å². The van der Waals surface area contributed by atoms with Crippen LogP contribution in [0.15, 0.2) is 35.1 Å². The van der Waals surface area contributed by atoms with Crippen LogP contribution in [0.5, 0.6) is 0 Å². The Morgan fingerprint density at radius 2 is 2.10 bits per heavy atom. The largest absolute Gasteiger partial charge is 0.480 e. The third kappa shape index (κ3) is 2.49. The number of amides is 1. The van der Waals surface area contributed by atoms with E-state index in [2.05, 4.69) is 10.1 Å². The Morgan fingerprint density at radius 3 is 2.81 bits per heavy atom. The van der Waals surface area contributed by atoms with Crippen molar-refractivity contribution in [3.8, 4) is 11.3 Å². The van der Waals surface area contributed by atoms with E-state index in [4.69, 9.17) is 9.63 Å². The highest BCUT2D eigenvalue weighted by Crippen LogP contribution is 2.23. The van der Waals surface area contributed by atoms with Crippen LogP contribution in [0.4, 0.5) is 0 Å². The number of aromatic nitrogens is 2. The molecule has 0 aromatic carbocycles. The van der Waals surface area contributed by atoms with Gasteiger partial charge in [0.25, 0.3) is 5.91 Å². The zero-order chi connectivity index (χ0) is 14.8. The minimum absolute atomic E-state index is 0.120. The number of rotatable bonds is 3. The highest BCUT2D eigenvalue weighted by atomic mass is 16.5. The summed E-state index contributed by atoms with van der Waals surface area (Å²) in [6, 6.07) is 4.23. The quantitative estimate of drug-likeness (QED) is 0.917. The monoisotopic (exact) mass is 287 g/mol. The molecule has 0 aliphatic carbocycles. The number of carbonyl (C=O) groups excluding carboxylic acids is 1. The second-order valence-electron chi connectivity index (χ2n) is 4.81. The first-order valence-corrected chi connectivity index (χ1v) is 6.57. The van der Waals surface area contributed by atoms with Crippen molar-refractivity contribution in [1.29, 1.82) is 0 Å². The molecule has 21 heavy (non-hydrogen) atoms. The summed E-state index contributed by atoms with van der Waals surface area (Å²) in [5.74, 6) is -0.950. The molecule has 1 N–H and O–H groups in total. The van der Waals surface area contributed by atoms with Gasteiger partial charge in [-0.3, -0.25) is 9.78 Å². The smallest absolute Gasteiger partial charge is 0.326 e. The van der Waals surface area contributed by atoms with Gasteiger partial charge in [0, 0.05) is 30.6 Å². The van der Waals surface area contributed by atoms with Gasteiger partial charge in [-0.25, -0.2) is 4.79 Å². The molecule has 2 aromatic heterocycles. The topological polar surface area (TPSA) is 96.5 Å². The van der Waals surface area contributed by atoms with Gasteiger partial charge in [-0.1, -0.05) is 5.16 Å². The molecule has 0 unspecified atom stereocenters. The lowest BCUT2D eigenvalue weighted by Gasteiger charge is -2.19. The van der Waals surface area contributed by atoms with Gasteiger partial charge in [-0.2, -0.15) is 0 Å². The van der Waals surface area contributed by atoms with Crippen LogP contribution >= 0.6 is 0 Å². The number of aliphatic carboxylic acids is 1. The Morgan fingerprint density at radius 1 is 1.33 bits per heavy atom. The van der Waals surface area contributed by atoms with Crippen LogP contribution in [-0.2, 0) is 4.79 Å². The summed E-state index contributed by atoms with van der Waals surface area (Å²) in [5.41, 5.74) is 0.878. The summed E-state index contributed by atoms with van der Waals surface area (Å²) in [4.78, 5) is 28.7. The van der Waals surface area contributed by atoms with E-state index < -0.39 is 17.9 Å². The van der Waals surface area contributed by atoms with E-state index in [1.54, 1.807) is 24.5 Å². The SMILES string of the molecule is O=C(O)[C@H]1CCCN1C(=O)c1cc(-c2ccncc2)on1. The number of pyridine rings is 1. The molecule has 3 heterocycles. The van der Waals surface area contributed by atoms with Crippen LogP contribution in [-0.4, -0.2) is 44.6 Å². The van der Waals surface area contributed by atoms with Crippen LogP contribution in [0, 0.1) is 0 Å². The number of carboxylic acid groups (broad SMARTS) is 1. The lowest BCUT2D eigenvalue weighted by molar-refractivity contribution is -0.141. The molecule has 1 amide bonds. The average molecular weight is 287 g/mol. The highest BCUT2D eigenvalue weighted by Gasteiger charge is 2.35. The Hall–Kier alpha value is -2.70. The molecule has 0 bridgehead atoms. The molecule has 3 rings (SSSR count). The van der Waals surface area contributed by atoms with Crippen molar-refractivity contribution in [2.24, 2.45) is 0 Å². The van der Waals surface area contributed by atoms with Crippen molar-refractivity contribution in [2.75, 3.05) is 6.54 Å². The van der Waals surface area contributed by atoms with Crippen molar-refractivity contribution >= 4 is 11.9 Å². The van der Waals surface area contributed by atoms with Crippen LogP contribution < -0.4 is 0 Å².